The predicted molar refractivity (Wildman–Crippen MR) is 110 cm³/mol. The third-order valence-corrected chi connectivity index (χ3v) is 5.23. The molecule has 0 aromatic heterocycles. The van der Waals surface area contributed by atoms with Gasteiger partial charge in [-0.15, -0.1) is 0 Å². The zero-order chi connectivity index (χ0) is 20.5. The van der Waals surface area contributed by atoms with Crippen molar-refractivity contribution in [1.82, 2.24) is 0 Å². The van der Waals surface area contributed by atoms with Gasteiger partial charge in [0, 0.05) is 0 Å². The van der Waals surface area contributed by atoms with Crippen LogP contribution < -0.4 is 4.90 Å². The molecule has 1 aliphatic rings. The first-order chi connectivity index (χ1) is 14.0. The zero-order valence-electron chi connectivity index (χ0n) is 14.9. The van der Waals surface area contributed by atoms with Crippen molar-refractivity contribution in [2.24, 2.45) is 0 Å². The maximum Gasteiger partial charge on any atom is 0.340 e. The molecule has 144 valence electrons. The number of esters is 1. The summed E-state index contributed by atoms with van der Waals surface area (Å²) in [5, 5.41) is 0.341. The number of amides is 2. The van der Waals surface area contributed by atoms with Crippen LogP contribution in [0.4, 0.5) is 5.69 Å². The molecule has 5 nitrogen and oxygen atoms in total. The number of anilines is 1. The lowest BCUT2D eigenvalue weighted by Gasteiger charge is -2.17. The molecule has 3 aromatic rings. The predicted octanol–water partition coefficient (Wildman–Crippen LogP) is 5.15. The molecule has 0 radical (unpaired) electrons. The lowest BCUT2D eigenvalue weighted by atomic mass is 10.1. The molecule has 0 saturated carbocycles. The number of fused-ring (bicyclic) bond motifs is 1. The Morgan fingerprint density at radius 1 is 0.828 bits per heavy atom. The van der Waals surface area contributed by atoms with E-state index in [4.69, 9.17) is 27.9 Å². The van der Waals surface area contributed by atoms with E-state index in [9.17, 15) is 14.4 Å². The minimum absolute atomic E-state index is 0.0708. The molecule has 3 aromatic carbocycles. The maximum atomic E-state index is 12.9. The molecule has 0 aliphatic carbocycles. The summed E-state index contributed by atoms with van der Waals surface area (Å²) in [6.45, 7) is 0.0708. The summed E-state index contributed by atoms with van der Waals surface area (Å²) in [4.78, 5) is 39.4. The van der Waals surface area contributed by atoms with E-state index in [1.807, 2.05) is 30.3 Å². The lowest BCUT2D eigenvalue weighted by Crippen LogP contribution is -2.31. The number of para-hydroxylation sites is 1. The van der Waals surface area contributed by atoms with Crippen molar-refractivity contribution in [3.63, 3.8) is 0 Å². The molecule has 1 aliphatic heterocycles. The van der Waals surface area contributed by atoms with Gasteiger partial charge in [-0.05, 0) is 29.8 Å². The second-order valence-electron chi connectivity index (χ2n) is 6.34. The van der Waals surface area contributed by atoms with E-state index in [1.165, 1.54) is 24.3 Å². The maximum absolute atomic E-state index is 12.9. The molecule has 29 heavy (non-hydrogen) atoms. The fourth-order valence-corrected chi connectivity index (χ4v) is 3.42. The smallest absolute Gasteiger partial charge is 0.340 e. The number of halogens is 2. The van der Waals surface area contributed by atoms with E-state index in [1.54, 1.807) is 12.1 Å². The molecular formula is C22H13Cl2NO4. The van der Waals surface area contributed by atoms with Gasteiger partial charge in [0.25, 0.3) is 11.8 Å². The van der Waals surface area contributed by atoms with E-state index < -0.39 is 17.8 Å². The topological polar surface area (TPSA) is 63.7 Å². The first-order valence-corrected chi connectivity index (χ1v) is 9.41. The van der Waals surface area contributed by atoms with Gasteiger partial charge in [0.05, 0.1) is 32.4 Å². The molecule has 0 spiro atoms. The molecule has 2 amide bonds. The van der Waals surface area contributed by atoms with Crippen molar-refractivity contribution < 1.29 is 19.1 Å². The molecule has 0 atom stereocenters. The van der Waals surface area contributed by atoms with Crippen LogP contribution in [-0.4, -0.2) is 17.8 Å². The number of ether oxygens (including phenoxy) is 1. The number of rotatable bonds is 4. The Morgan fingerprint density at radius 3 is 2.00 bits per heavy atom. The van der Waals surface area contributed by atoms with Crippen LogP contribution >= 0.6 is 23.2 Å². The van der Waals surface area contributed by atoms with Crippen molar-refractivity contribution in [1.29, 1.82) is 0 Å². The van der Waals surface area contributed by atoms with Crippen LogP contribution in [0.3, 0.4) is 0 Å². The zero-order valence-corrected chi connectivity index (χ0v) is 16.4. The number of hydrogen-bond donors (Lipinski definition) is 0. The van der Waals surface area contributed by atoms with Gasteiger partial charge in [0.2, 0.25) is 0 Å². The average Bonchev–Trinajstić information content (AvgIpc) is 2.97. The summed E-state index contributed by atoms with van der Waals surface area (Å²) in [6, 6.07) is 18.2. The molecular weight excluding hydrogens is 413 g/mol. The van der Waals surface area contributed by atoms with Crippen molar-refractivity contribution >= 4 is 46.7 Å². The molecule has 7 heteroatoms. The Morgan fingerprint density at radius 2 is 1.38 bits per heavy atom. The first-order valence-electron chi connectivity index (χ1n) is 8.65. The molecule has 0 N–H and O–H groups in total. The fourth-order valence-electron chi connectivity index (χ4n) is 3.09. The highest BCUT2D eigenvalue weighted by atomic mass is 35.5. The number of carbonyl (C=O) groups excluding carboxylic acids is 3. The van der Waals surface area contributed by atoms with Gasteiger partial charge in [0.1, 0.15) is 6.61 Å². The Bertz CT molecular complexity index is 1100. The molecule has 0 saturated heterocycles. The Labute approximate surface area is 176 Å². The minimum Gasteiger partial charge on any atom is -0.457 e. The summed E-state index contributed by atoms with van der Waals surface area (Å²) in [6.07, 6.45) is 0. The van der Waals surface area contributed by atoms with Crippen molar-refractivity contribution in [3.8, 4) is 0 Å². The second kappa shape index (κ2) is 7.70. The third-order valence-electron chi connectivity index (χ3n) is 4.51. The Hall–Kier alpha value is -3.15. The quantitative estimate of drug-likeness (QED) is 0.428. The largest absolute Gasteiger partial charge is 0.457 e. The van der Waals surface area contributed by atoms with Crippen LogP contribution in [-0.2, 0) is 11.3 Å². The molecule has 0 unspecified atom stereocenters. The van der Waals surface area contributed by atoms with E-state index in [2.05, 4.69) is 0 Å². The van der Waals surface area contributed by atoms with Crippen LogP contribution in [0.25, 0.3) is 0 Å². The normalized spacial score (nSPS) is 12.8. The number of nitrogens with zero attached hydrogens (tertiary/aromatic N) is 1. The molecule has 0 fully saturated rings. The van der Waals surface area contributed by atoms with Crippen molar-refractivity contribution in [2.45, 2.75) is 6.61 Å². The summed E-state index contributed by atoms with van der Waals surface area (Å²) in [7, 11) is 0. The second-order valence-corrected chi connectivity index (χ2v) is 7.15. The van der Waals surface area contributed by atoms with Gasteiger partial charge in [-0.25, -0.2) is 9.69 Å². The van der Waals surface area contributed by atoms with Gasteiger partial charge in [0.15, 0.2) is 0 Å². The van der Waals surface area contributed by atoms with Crippen LogP contribution in [0.1, 0.15) is 36.6 Å². The van der Waals surface area contributed by atoms with E-state index in [0.717, 1.165) is 10.5 Å². The highest BCUT2D eigenvalue weighted by Gasteiger charge is 2.39. The number of hydrogen-bond acceptors (Lipinski definition) is 4. The fraction of sp³-hybridized carbons (Fsp3) is 0.0455. The van der Waals surface area contributed by atoms with Gasteiger partial charge in [-0.2, -0.15) is 0 Å². The third kappa shape index (κ3) is 3.50. The summed E-state index contributed by atoms with van der Waals surface area (Å²) in [5.41, 5.74) is 1.34. The van der Waals surface area contributed by atoms with Crippen LogP contribution in [0.2, 0.25) is 10.0 Å². The summed E-state index contributed by atoms with van der Waals surface area (Å²) in [5.74, 6) is -1.80. The van der Waals surface area contributed by atoms with Gasteiger partial charge in [-0.3, -0.25) is 9.59 Å². The molecule has 1 heterocycles. The summed E-state index contributed by atoms with van der Waals surface area (Å²) >= 11 is 12.0. The monoisotopic (exact) mass is 425 g/mol. The molecule has 0 bridgehead atoms. The number of carbonyl (C=O) groups is 3. The van der Waals surface area contributed by atoms with E-state index in [0.29, 0.717) is 0 Å². The van der Waals surface area contributed by atoms with Gasteiger partial charge in [-0.1, -0.05) is 65.7 Å². The van der Waals surface area contributed by atoms with Crippen LogP contribution in [0, 0.1) is 0 Å². The standard InChI is InChI=1S/C22H13Cl2NO4/c23-17-10-15-16(11-18(17)24)21(27)25(20(15)26)19-9-5-4-8-14(19)22(28)29-12-13-6-2-1-3-7-13/h1-11H,12H2. The van der Waals surface area contributed by atoms with Crippen molar-refractivity contribution in [3.05, 3.63) is 99.0 Å². The highest BCUT2D eigenvalue weighted by molar-refractivity contribution is 6.44. The van der Waals surface area contributed by atoms with Gasteiger partial charge >= 0.3 is 5.97 Å². The minimum atomic E-state index is -0.642. The van der Waals surface area contributed by atoms with E-state index >= 15 is 0 Å². The SMILES string of the molecule is O=C(OCc1ccccc1)c1ccccc1N1C(=O)c2cc(Cl)c(Cl)cc2C1=O. The highest BCUT2D eigenvalue weighted by Crippen LogP contribution is 2.35. The van der Waals surface area contributed by atoms with Crippen LogP contribution in [0.15, 0.2) is 66.7 Å². The van der Waals surface area contributed by atoms with Crippen molar-refractivity contribution in [2.75, 3.05) is 4.90 Å². The lowest BCUT2D eigenvalue weighted by molar-refractivity contribution is 0.0474. The van der Waals surface area contributed by atoms with Crippen LogP contribution in [0.5, 0.6) is 0 Å². The first kappa shape index (κ1) is 19.2. The Balaban J connectivity index is 1.66. The number of benzene rings is 3. The average molecular weight is 426 g/mol. The van der Waals surface area contributed by atoms with Gasteiger partial charge < -0.3 is 4.74 Å². The molecule has 4 rings (SSSR count). The summed E-state index contributed by atoms with van der Waals surface area (Å²) < 4.78 is 5.37. The Kier molecular flexibility index (Phi) is 5.09. The van der Waals surface area contributed by atoms with E-state index in [-0.39, 0.29) is 39.0 Å². The number of imide groups is 1.